The molecule has 14 heavy (non-hydrogen) atoms. The van der Waals surface area contributed by atoms with Gasteiger partial charge in [0, 0.05) is 6.15 Å². The van der Waals surface area contributed by atoms with Gasteiger partial charge in [-0.05, 0) is 0 Å². The van der Waals surface area contributed by atoms with Gasteiger partial charge in [0.25, 0.3) is 0 Å². The minimum atomic E-state index is -0.140. The molecule has 0 spiro atoms. The highest BCUT2D eigenvalue weighted by atomic mass is 14.0. The molecule has 0 bridgehead atoms. The average Bonchev–Trinajstić information content (AvgIpc) is 2.28. The zero-order valence-electron chi connectivity index (χ0n) is 9.79. The standard InChI is InChI=1S/C13H22B/c1-4-14(5-2,6-3)12-13-10-8-7-9-11-13/h7-11H,4-6,12H2,1-3H3/q-1. The Bertz CT molecular complexity index is 241. The van der Waals surface area contributed by atoms with Gasteiger partial charge in [-0.2, -0.15) is 25.3 Å². The van der Waals surface area contributed by atoms with Crippen LogP contribution < -0.4 is 0 Å². The van der Waals surface area contributed by atoms with Crippen LogP contribution in [0.1, 0.15) is 26.3 Å². The molecule has 78 valence electrons. The molecule has 0 amide bonds. The van der Waals surface area contributed by atoms with Gasteiger partial charge in [0.05, 0.1) is 0 Å². The van der Waals surface area contributed by atoms with E-state index in [0.717, 1.165) is 0 Å². The molecule has 0 N–H and O–H groups in total. The first-order valence-electron chi connectivity index (χ1n) is 6.02. The van der Waals surface area contributed by atoms with Crippen LogP contribution >= 0.6 is 0 Å². The van der Waals surface area contributed by atoms with Gasteiger partial charge >= 0.3 is 0 Å². The Balaban J connectivity index is 2.74. The molecule has 0 aliphatic carbocycles. The van der Waals surface area contributed by atoms with Crippen LogP contribution in [-0.4, -0.2) is 6.15 Å². The maximum Gasteiger partial charge on any atom is 0.00435 e. The lowest BCUT2D eigenvalue weighted by Crippen LogP contribution is -2.34. The summed E-state index contributed by atoms with van der Waals surface area (Å²) in [5, 5.41) is 0. The van der Waals surface area contributed by atoms with Crippen LogP contribution in [0, 0.1) is 0 Å². The Kier molecular flexibility index (Phi) is 4.25. The van der Waals surface area contributed by atoms with Crippen molar-refractivity contribution in [3.8, 4) is 0 Å². The summed E-state index contributed by atoms with van der Waals surface area (Å²) in [6.07, 6.45) is 5.20. The molecule has 0 saturated carbocycles. The second-order valence-corrected chi connectivity index (χ2v) is 4.65. The van der Waals surface area contributed by atoms with Crippen molar-refractivity contribution in [3.63, 3.8) is 0 Å². The smallest absolute Gasteiger partial charge is 0.00435 e. The van der Waals surface area contributed by atoms with Gasteiger partial charge < -0.3 is 0 Å². The van der Waals surface area contributed by atoms with Gasteiger partial charge in [-0.25, -0.2) is 0 Å². The molecular weight excluding hydrogens is 167 g/mol. The van der Waals surface area contributed by atoms with Crippen molar-refractivity contribution in [2.45, 2.75) is 46.1 Å². The van der Waals surface area contributed by atoms with Crippen molar-refractivity contribution >= 4 is 6.15 Å². The first-order chi connectivity index (χ1) is 6.76. The summed E-state index contributed by atoms with van der Waals surface area (Å²) >= 11 is 0. The predicted octanol–water partition coefficient (Wildman–Crippen LogP) is 4.28. The molecule has 0 unspecified atom stereocenters. The van der Waals surface area contributed by atoms with E-state index < -0.39 is 0 Å². The van der Waals surface area contributed by atoms with Crippen molar-refractivity contribution < 1.29 is 0 Å². The van der Waals surface area contributed by atoms with Crippen molar-refractivity contribution in [2.75, 3.05) is 0 Å². The van der Waals surface area contributed by atoms with E-state index >= 15 is 0 Å². The lowest BCUT2D eigenvalue weighted by atomic mass is 9.18. The first-order valence-corrected chi connectivity index (χ1v) is 6.02. The molecule has 0 radical (unpaired) electrons. The average molecular weight is 189 g/mol. The van der Waals surface area contributed by atoms with E-state index in [-0.39, 0.29) is 6.15 Å². The molecule has 0 nitrogen and oxygen atoms in total. The van der Waals surface area contributed by atoms with Crippen molar-refractivity contribution in [3.05, 3.63) is 35.9 Å². The molecule has 1 rings (SSSR count). The molecule has 0 aliphatic heterocycles. The molecule has 0 atom stereocenters. The van der Waals surface area contributed by atoms with Gasteiger partial charge in [0.15, 0.2) is 0 Å². The Morgan fingerprint density at radius 1 is 0.857 bits per heavy atom. The highest BCUT2D eigenvalue weighted by Crippen LogP contribution is 2.24. The molecule has 0 fully saturated rings. The van der Waals surface area contributed by atoms with Crippen LogP contribution in [-0.2, 0) is 6.32 Å². The van der Waals surface area contributed by atoms with Gasteiger partial charge in [-0.15, -0.1) is 0 Å². The van der Waals surface area contributed by atoms with E-state index in [1.807, 2.05) is 0 Å². The fraction of sp³-hybridized carbons (Fsp3) is 0.538. The maximum atomic E-state index is 2.34. The van der Waals surface area contributed by atoms with Gasteiger partial charge in [-0.1, -0.05) is 56.7 Å². The van der Waals surface area contributed by atoms with Gasteiger partial charge in [0.1, 0.15) is 0 Å². The number of hydrogen-bond donors (Lipinski definition) is 0. The second kappa shape index (κ2) is 5.24. The third-order valence-electron chi connectivity index (χ3n) is 4.11. The van der Waals surface area contributed by atoms with E-state index in [2.05, 4.69) is 51.1 Å². The molecule has 0 saturated heterocycles. The van der Waals surface area contributed by atoms with Crippen LogP contribution in [0.15, 0.2) is 30.3 Å². The summed E-state index contributed by atoms with van der Waals surface area (Å²) in [6.45, 7) is 7.03. The number of rotatable bonds is 5. The zero-order chi connectivity index (χ0) is 10.4. The van der Waals surface area contributed by atoms with Crippen molar-refractivity contribution in [2.24, 2.45) is 0 Å². The topological polar surface area (TPSA) is 0 Å². The monoisotopic (exact) mass is 189 g/mol. The fourth-order valence-electron chi connectivity index (χ4n) is 2.41. The third kappa shape index (κ3) is 2.63. The second-order valence-electron chi connectivity index (χ2n) is 4.65. The minimum absolute atomic E-state index is 0.140. The molecule has 0 aromatic heterocycles. The first kappa shape index (κ1) is 11.4. The largest absolute Gasteiger partial charge is 0.181 e. The number of hydrogen-bond acceptors (Lipinski definition) is 0. The predicted molar refractivity (Wildman–Crippen MR) is 67.3 cm³/mol. The van der Waals surface area contributed by atoms with E-state index in [9.17, 15) is 0 Å². The molecule has 1 heteroatoms. The van der Waals surface area contributed by atoms with Crippen molar-refractivity contribution in [1.29, 1.82) is 0 Å². The summed E-state index contributed by atoms with van der Waals surface area (Å²) in [5.74, 6) is 0. The summed E-state index contributed by atoms with van der Waals surface area (Å²) in [7, 11) is 0. The quantitative estimate of drug-likeness (QED) is 0.606. The van der Waals surface area contributed by atoms with E-state index in [4.69, 9.17) is 0 Å². The Morgan fingerprint density at radius 3 is 1.79 bits per heavy atom. The highest BCUT2D eigenvalue weighted by Gasteiger charge is 2.18. The molecule has 1 aromatic rings. The van der Waals surface area contributed by atoms with E-state index in [0.29, 0.717) is 0 Å². The minimum Gasteiger partial charge on any atom is -0.181 e. The molecule has 0 heterocycles. The van der Waals surface area contributed by atoms with Crippen LogP contribution in [0.2, 0.25) is 19.0 Å². The van der Waals surface area contributed by atoms with Gasteiger partial charge in [-0.3, -0.25) is 0 Å². The number of benzene rings is 1. The summed E-state index contributed by atoms with van der Waals surface area (Å²) in [6, 6.07) is 10.9. The fourth-order valence-corrected chi connectivity index (χ4v) is 2.41. The van der Waals surface area contributed by atoms with Crippen LogP contribution in [0.25, 0.3) is 0 Å². The van der Waals surface area contributed by atoms with Crippen molar-refractivity contribution in [1.82, 2.24) is 0 Å². The Labute approximate surface area is 88.6 Å². The summed E-state index contributed by atoms with van der Waals surface area (Å²) in [5.41, 5.74) is 1.51. The maximum absolute atomic E-state index is 2.34. The summed E-state index contributed by atoms with van der Waals surface area (Å²) in [4.78, 5) is 0. The van der Waals surface area contributed by atoms with E-state index in [1.165, 1.54) is 30.8 Å². The van der Waals surface area contributed by atoms with E-state index in [1.54, 1.807) is 0 Å². The Hall–Kier alpha value is -0.715. The molecule has 1 aromatic carbocycles. The SMILES string of the molecule is CC[B-](CC)(CC)Cc1ccccc1. The summed E-state index contributed by atoms with van der Waals surface area (Å²) < 4.78 is 0. The molecular formula is C13H22B-. The zero-order valence-corrected chi connectivity index (χ0v) is 9.79. The molecule has 0 aliphatic rings. The highest BCUT2D eigenvalue weighted by molar-refractivity contribution is 6.79. The van der Waals surface area contributed by atoms with Crippen LogP contribution in [0.5, 0.6) is 0 Å². The lowest BCUT2D eigenvalue weighted by molar-refractivity contribution is 1.10. The lowest BCUT2D eigenvalue weighted by Gasteiger charge is -2.36. The van der Waals surface area contributed by atoms with Crippen LogP contribution in [0.4, 0.5) is 0 Å². The third-order valence-corrected chi connectivity index (χ3v) is 4.11. The normalized spacial score (nSPS) is 11.6. The Morgan fingerprint density at radius 2 is 1.36 bits per heavy atom. The van der Waals surface area contributed by atoms with Crippen LogP contribution in [0.3, 0.4) is 0 Å². The van der Waals surface area contributed by atoms with Gasteiger partial charge in [0.2, 0.25) is 0 Å².